The second-order valence-corrected chi connectivity index (χ2v) is 8.59. The zero-order chi connectivity index (χ0) is 22.1. The molecule has 162 valence electrons. The summed E-state index contributed by atoms with van der Waals surface area (Å²) in [7, 11) is 0. The molecule has 0 aliphatic heterocycles. The molecule has 0 bridgehead atoms. The highest BCUT2D eigenvalue weighted by atomic mass is 16.4. The number of nitrogens with zero attached hydrogens (tertiary/aromatic N) is 3. The number of nitrogens with one attached hydrogen (secondary N) is 1. The third-order valence-corrected chi connectivity index (χ3v) is 5.89. The van der Waals surface area contributed by atoms with E-state index in [1.165, 1.54) is 13.3 Å². The summed E-state index contributed by atoms with van der Waals surface area (Å²) in [4.78, 5) is 27.8. The molecule has 31 heavy (non-hydrogen) atoms. The van der Waals surface area contributed by atoms with Crippen molar-refractivity contribution in [3.63, 3.8) is 0 Å². The highest BCUT2D eigenvalue weighted by Crippen LogP contribution is 2.38. The Kier molecular flexibility index (Phi) is 5.76. The minimum Gasteiger partial charge on any atom is -0.477 e. The maximum atomic E-state index is 11.9. The molecule has 1 fully saturated rings. The Labute approximate surface area is 181 Å². The van der Waals surface area contributed by atoms with Crippen molar-refractivity contribution in [1.29, 1.82) is 0 Å². The lowest BCUT2D eigenvalue weighted by molar-refractivity contribution is -0.114. The molecule has 7 nitrogen and oxygen atoms in total. The lowest BCUT2D eigenvalue weighted by atomic mass is 9.95. The number of hydrogen-bond donors (Lipinski definition) is 2. The third-order valence-electron chi connectivity index (χ3n) is 5.89. The smallest absolute Gasteiger partial charge is 0.354 e. The van der Waals surface area contributed by atoms with E-state index in [0.717, 1.165) is 47.9 Å². The van der Waals surface area contributed by atoms with Crippen LogP contribution >= 0.6 is 0 Å². The summed E-state index contributed by atoms with van der Waals surface area (Å²) < 4.78 is 1.98. The van der Waals surface area contributed by atoms with E-state index in [0.29, 0.717) is 11.3 Å². The lowest BCUT2D eigenvalue weighted by Crippen LogP contribution is -2.15. The number of hydrogen-bond acceptors (Lipinski definition) is 4. The van der Waals surface area contributed by atoms with Crippen LogP contribution in [-0.4, -0.2) is 31.7 Å². The Morgan fingerprint density at radius 3 is 2.39 bits per heavy atom. The number of fused-ring (bicyclic) bond motifs is 1. The van der Waals surface area contributed by atoms with Crippen LogP contribution in [0.3, 0.4) is 0 Å². The lowest BCUT2D eigenvalue weighted by Gasteiger charge is -2.22. The largest absolute Gasteiger partial charge is 0.477 e. The molecule has 1 aliphatic carbocycles. The first-order valence-electron chi connectivity index (χ1n) is 10.9. The van der Waals surface area contributed by atoms with Crippen LogP contribution < -0.4 is 5.32 Å². The number of carboxylic acids is 1. The zero-order valence-corrected chi connectivity index (χ0v) is 18.2. The minimum atomic E-state index is -1.06. The van der Waals surface area contributed by atoms with Crippen LogP contribution in [0.5, 0.6) is 0 Å². The molecule has 3 aromatic rings. The molecule has 1 aliphatic rings. The van der Waals surface area contributed by atoms with Gasteiger partial charge in [0.2, 0.25) is 5.91 Å². The van der Waals surface area contributed by atoms with Crippen molar-refractivity contribution in [2.45, 2.75) is 64.8 Å². The molecule has 2 aromatic heterocycles. The fourth-order valence-corrected chi connectivity index (χ4v) is 4.42. The Morgan fingerprint density at radius 2 is 1.81 bits per heavy atom. The number of benzene rings is 1. The van der Waals surface area contributed by atoms with E-state index in [9.17, 15) is 14.7 Å². The van der Waals surface area contributed by atoms with Gasteiger partial charge in [-0.1, -0.05) is 45.2 Å². The van der Waals surface area contributed by atoms with Crippen molar-refractivity contribution in [2.75, 3.05) is 5.32 Å². The number of carboxylic acid groups (broad SMARTS) is 1. The first kappa shape index (κ1) is 21.0. The quantitative estimate of drug-likeness (QED) is 0.577. The Balaban J connectivity index is 1.94. The van der Waals surface area contributed by atoms with Crippen molar-refractivity contribution >= 4 is 28.6 Å². The Hall–Kier alpha value is -3.22. The molecule has 1 aromatic carbocycles. The van der Waals surface area contributed by atoms with Crippen LogP contribution in [0.2, 0.25) is 0 Å². The predicted molar refractivity (Wildman–Crippen MR) is 120 cm³/mol. The van der Waals surface area contributed by atoms with E-state index >= 15 is 0 Å². The van der Waals surface area contributed by atoms with Gasteiger partial charge >= 0.3 is 5.97 Å². The Bertz CT molecular complexity index is 1130. The van der Waals surface area contributed by atoms with Crippen LogP contribution in [0.4, 0.5) is 5.69 Å². The molecule has 0 atom stereocenters. The number of anilines is 1. The van der Waals surface area contributed by atoms with Crippen LogP contribution in [0, 0.1) is 0 Å². The highest BCUT2D eigenvalue weighted by molar-refractivity contribution is 6.00. The molecular formula is C24H28N4O3. The molecule has 4 rings (SSSR count). The fourth-order valence-electron chi connectivity index (χ4n) is 4.42. The van der Waals surface area contributed by atoms with Gasteiger partial charge in [-0.3, -0.25) is 4.79 Å². The van der Waals surface area contributed by atoms with Gasteiger partial charge in [-0.25, -0.2) is 14.5 Å². The van der Waals surface area contributed by atoms with Crippen LogP contribution in [0.1, 0.15) is 81.0 Å². The molecule has 1 saturated carbocycles. The summed E-state index contributed by atoms with van der Waals surface area (Å²) in [5, 5.41) is 18.4. The molecule has 0 spiro atoms. The summed E-state index contributed by atoms with van der Waals surface area (Å²) in [6.45, 7) is 5.66. The predicted octanol–water partition coefficient (Wildman–Crippen LogP) is 5.38. The second-order valence-electron chi connectivity index (χ2n) is 8.59. The number of carbonyl (C=O) groups excluding carboxylic acids is 1. The average molecular weight is 421 g/mol. The average Bonchev–Trinajstić information content (AvgIpc) is 3.14. The van der Waals surface area contributed by atoms with Crippen molar-refractivity contribution in [1.82, 2.24) is 14.8 Å². The fraction of sp³-hybridized carbons (Fsp3) is 0.417. The van der Waals surface area contributed by atoms with Gasteiger partial charge in [0, 0.05) is 12.6 Å². The SMILES string of the molecule is CC(=O)Nc1ccc(-c2cc(C(=O)O)nc3c2c(C(C)C)nn3C2CCCCC2)cc1. The second kappa shape index (κ2) is 8.49. The van der Waals surface area contributed by atoms with Crippen LogP contribution in [-0.2, 0) is 4.79 Å². The number of pyridine rings is 1. The highest BCUT2D eigenvalue weighted by Gasteiger charge is 2.26. The normalized spacial score (nSPS) is 14.8. The number of rotatable bonds is 5. The molecule has 0 unspecified atom stereocenters. The minimum absolute atomic E-state index is 0.0145. The maximum absolute atomic E-state index is 11.9. The summed E-state index contributed by atoms with van der Waals surface area (Å²) >= 11 is 0. The topological polar surface area (TPSA) is 97.1 Å². The van der Waals surface area contributed by atoms with Gasteiger partial charge in [0.05, 0.1) is 17.1 Å². The zero-order valence-electron chi connectivity index (χ0n) is 18.2. The van der Waals surface area contributed by atoms with Crippen molar-refractivity contribution in [2.24, 2.45) is 0 Å². The van der Waals surface area contributed by atoms with Crippen molar-refractivity contribution in [3.8, 4) is 11.1 Å². The summed E-state index contributed by atoms with van der Waals surface area (Å²) in [5.74, 6) is -1.02. The molecular weight excluding hydrogens is 392 g/mol. The number of amides is 1. The summed E-state index contributed by atoms with van der Waals surface area (Å²) in [6.07, 6.45) is 5.60. The monoisotopic (exact) mass is 420 g/mol. The van der Waals surface area contributed by atoms with Crippen LogP contribution in [0.25, 0.3) is 22.2 Å². The molecule has 1 amide bonds. The first-order valence-corrected chi connectivity index (χ1v) is 10.9. The number of aromatic nitrogens is 3. The van der Waals surface area contributed by atoms with Gasteiger partial charge < -0.3 is 10.4 Å². The molecule has 2 N–H and O–H groups in total. The van der Waals surface area contributed by atoms with E-state index in [4.69, 9.17) is 5.10 Å². The van der Waals surface area contributed by atoms with Gasteiger partial charge in [0.15, 0.2) is 11.3 Å². The van der Waals surface area contributed by atoms with Crippen molar-refractivity contribution < 1.29 is 14.7 Å². The van der Waals surface area contributed by atoms with Crippen molar-refractivity contribution in [3.05, 3.63) is 41.7 Å². The van der Waals surface area contributed by atoms with Gasteiger partial charge in [0.1, 0.15) is 0 Å². The van der Waals surface area contributed by atoms with Gasteiger partial charge in [0.25, 0.3) is 0 Å². The van der Waals surface area contributed by atoms with E-state index in [1.807, 2.05) is 28.9 Å². The van der Waals surface area contributed by atoms with Crippen LogP contribution in [0.15, 0.2) is 30.3 Å². The molecule has 7 heteroatoms. The van der Waals surface area contributed by atoms with Gasteiger partial charge in [-0.2, -0.15) is 5.10 Å². The van der Waals surface area contributed by atoms with E-state index in [-0.39, 0.29) is 23.6 Å². The summed E-state index contributed by atoms with van der Waals surface area (Å²) in [6, 6.07) is 9.32. The number of aromatic carboxylic acids is 1. The van der Waals surface area contributed by atoms with E-state index in [2.05, 4.69) is 24.1 Å². The molecule has 0 saturated heterocycles. The molecule has 2 heterocycles. The van der Waals surface area contributed by atoms with Gasteiger partial charge in [-0.15, -0.1) is 0 Å². The Morgan fingerprint density at radius 1 is 1.13 bits per heavy atom. The van der Waals surface area contributed by atoms with E-state index in [1.54, 1.807) is 6.07 Å². The third kappa shape index (κ3) is 4.17. The number of carbonyl (C=O) groups is 2. The summed E-state index contributed by atoms with van der Waals surface area (Å²) in [5.41, 5.74) is 3.97. The maximum Gasteiger partial charge on any atom is 0.354 e. The first-order chi connectivity index (χ1) is 14.8. The molecule has 0 radical (unpaired) electrons. The van der Waals surface area contributed by atoms with Gasteiger partial charge in [-0.05, 0) is 48.1 Å². The standard InChI is InChI=1S/C24H28N4O3/c1-14(2)22-21-19(16-9-11-17(12-10-16)25-15(3)29)13-20(24(30)31)26-23(21)28(27-22)18-7-5-4-6-8-18/h9-14,18H,4-8H2,1-3H3,(H,25,29)(H,30,31). The van der Waals surface area contributed by atoms with E-state index < -0.39 is 5.97 Å².